The summed E-state index contributed by atoms with van der Waals surface area (Å²) in [5.41, 5.74) is 1.57. The maximum absolute atomic E-state index is 14.9. The minimum atomic E-state index is -0.713. The van der Waals surface area contributed by atoms with Gasteiger partial charge in [0, 0.05) is 11.1 Å². The number of carbonyl (C=O) groups is 3. The second-order valence-corrected chi connectivity index (χ2v) is 7.06. The van der Waals surface area contributed by atoms with E-state index in [-0.39, 0.29) is 55.5 Å². The maximum Gasteiger partial charge on any atom is 0.338 e. The number of carbonyl (C=O) groups excluding carboxylic acids is 3. The van der Waals surface area contributed by atoms with E-state index < -0.39 is 17.8 Å². The Kier molecular flexibility index (Phi) is 9.82. The first kappa shape index (κ1) is 26.1. The minimum absolute atomic E-state index is 0.0604. The van der Waals surface area contributed by atoms with Crippen molar-refractivity contribution in [3.63, 3.8) is 0 Å². The molecule has 0 unspecified atom stereocenters. The fraction of sp³-hybridized carbons (Fsp3) is 0.240. The van der Waals surface area contributed by atoms with E-state index in [1.165, 1.54) is 19.9 Å². The van der Waals surface area contributed by atoms with E-state index in [2.05, 4.69) is 17.9 Å². The lowest BCUT2D eigenvalue weighted by Crippen LogP contribution is -2.14. The molecule has 0 aliphatic rings. The predicted octanol–water partition coefficient (Wildman–Crippen LogP) is 4.02. The van der Waals surface area contributed by atoms with Gasteiger partial charge in [-0.3, -0.25) is 4.79 Å². The van der Waals surface area contributed by atoms with Crippen LogP contribution in [0.15, 0.2) is 60.7 Å². The minimum Gasteiger partial charge on any atom is -0.486 e. The molecular weight excluding hydrogens is 447 g/mol. The zero-order valence-corrected chi connectivity index (χ0v) is 18.9. The molecule has 0 radical (unpaired) electrons. The first-order valence-corrected chi connectivity index (χ1v) is 10.2. The van der Waals surface area contributed by atoms with E-state index >= 15 is 0 Å². The Bertz CT molecular complexity index is 1060. The number of ether oxygens (including phenoxy) is 5. The van der Waals surface area contributed by atoms with Crippen molar-refractivity contribution in [1.82, 2.24) is 0 Å². The lowest BCUT2D eigenvalue weighted by atomic mass is 10.0. The van der Waals surface area contributed by atoms with E-state index in [0.717, 1.165) is 0 Å². The number of halogens is 1. The van der Waals surface area contributed by atoms with Crippen molar-refractivity contribution in [3.05, 3.63) is 66.5 Å². The topological polar surface area (TPSA) is 97.4 Å². The third kappa shape index (κ3) is 7.77. The summed E-state index contributed by atoms with van der Waals surface area (Å²) in [6.45, 7) is 9.99. The van der Waals surface area contributed by atoms with Crippen LogP contribution in [0.1, 0.15) is 13.8 Å². The molecule has 0 aliphatic heterocycles. The summed E-state index contributed by atoms with van der Waals surface area (Å²) in [4.78, 5) is 33.5. The molecule has 0 saturated carbocycles. The van der Waals surface area contributed by atoms with Gasteiger partial charge in [-0.05, 0) is 49.2 Å². The van der Waals surface area contributed by atoms with Crippen molar-refractivity contribution >= 4 is 18.4 Å². The Hall–Kier alpha value is -4.14. The van der Waals surface area contributed by atoms with Gasteiger partial charge in [0.1, 0.15) is 32.2 Å². The lowest BCUT2D eigenvalue weighted by Gasteiger charge is -2.15. The van der Waals surface area contributed by atoms with Crippen LogP contribution in [-0.2, 0) is 23.9 Å². The first-order chi connectivity index (χ1) is 16.2. The molecule has 34 heavy (non-hydrogen) atoms. The van der Waals surface area contributed by atoms with Gasteiger partial charge in [0.15, 0.2) is 17.3 Å². The molecule has 0 aliphatic carbocycles. The molecule has 0 amide bonds. The van der Waals surface area contributed by atoms with Crippen LogP contribution >= 0.6 is 0 Å². The maximum atomic E-state index is 14.9. The monoisotopic (exact) mass is 472 g/mol. The summed E-state index contributed by atoms with van der Waals surface area (Å²) < 4.78 is 40.6. The van der Waals surface area contributed by atoms with Gasteiger partial charge in [-0.1, -0.05) is 25.3 Å². The molecule has 8 nitrogen and oxygen atoms in total. The molecule has 2 aromatic rings. The largest absolute Gasteiger partial charge is 0.486 e. The summed E-state index contributed by atoms with van der Waals surface area (Å²) in [5, 5.41) is 0. The Morgan fingerprint density at radius 1 is 0.882 bits per heavy atom. The average molecular weight is 472 g/mol. The van der Waals surface area contributed by atoms with E-state index in [0.29, 0.717) is 16.9 Å². The highest BCUT2D eigenvalue weighted by molar-refractivity contribution is 5.89. The van der Waals surface area contributed by atoms with Gasteiger partial charge in [-0.2, -0.15) is 0 Å². The normalized spacial score (nSPS) is 10.1. The highest BCUT2D eigenvalue weighted by atomic mass is 19.1. The van der Waals surface area contributed by atoms with Gasteiger partial charge in [-0.25, -0.2) is 14.0 Å². The Labute approximate surface area is 196 Å². The summed E-state index contributed by atoms with van der Waals surface area (Å²) >= 11 is 0. The zero-order chi connectivity index (χ0) is 25.1. The highest BCUT2D eigenvalue weighted by Gasteiger charge is 2.16. The Balaban J connectivity index is 2.22. The van der Waals surface area contributed by atoms with Crippen molar-refractivity contribution in [2.45, 2.75) is 13.8 Å². The van der Waals surface area contributed by atoms with E-state index in [4.69, 9.17) is 18.9 Å². The van der Waals surface area contributed by atoms with Crippen LogP contribution in [0.3, 0.4) is 0 Å². The van der Waals surface area contributed by atoms with Crippen LogP contribution in [0.2, 0.25) is 0 Å². The summed E-state index contributed by atoms with van der Waals surface area (Å²) in [7, 11) is 0. The predicted molar refractivity (Wildman–Crippen MR) is 121 cm³/mol. The fourth-order valence-electron chi connectivity index (χ4n) is 2.54. The van der Waals surface area contributed by atoms with E-state index in [9.17, 15) is 18.8 Å². The van der Waals surface area contributed by atoms with Crippen LogP contribution in [-0.4, -0.2) is 44.8 Å². The molecule has 0 bridgehead atoms. The second-order valence-electron chi connectivity index (χ2n) is 7.06. The van der Waals surface area contributed by atoms with Crippen LogP contribution in [0, 0.1) is 5.82 Å². The highest BCUT2D eigenvalue weighted by Crippen LogP contribution is 2.36. The van der Waals surface area contributed by atoms with Gasteiger partial charge >= 0.3 is 11.9 Å². The lowest BCUT2D eigenvalue weighted by molar-refractivity contribution is -0.139. The number of benzene rings is 2. The Morgan fingerprint density at radius 2 is 1.53 bits per heavy atom. The first-order valence-electron chi connectivity index (χ1n) is 10.2. The average Bonchev–Trinajstić information content (AvgIpc) is 2.80. The summed E-state index contributed by atoms with van der Waals surface area (Å²) in [6.07, 6.45) is 0. The molecule has 2 rings (SSSR count). The molecule has 0 heterocycles. The van der Waals surface area contributed by atoms with E-state index in [1.54, 1.807) is 30.3 Å². The number of hydrogen-bond donors (Lipinski definition) is 0. The van der Waals surface area contributed by atoms with Gasteiger partial charge in [0.25, 0.3) is 6.47 Å². The third-order valence-electron chi connectivity index (χ3n) is 4.19. The molecular formula is C25H25FO8. The third-order valence-corrected chi connectivity index (χ3v) is 4.19. The van der Waals surface area contributed by atoms with Crippen molar-refractivity contribution < 1.29 is 42.5 Å². The standard InChI is InChI=1S/C25H25FO8/c1-16(2)24(28)33-12-11-31-22-14-19(13-21(26)23(22)32-10-9-30-15-27)18-5-7-20(8-6-18)34-25(29)17(3)4/h5-8,13-15H,1,3,9-12H2,2,4H3. The molecule has 2 aromatic carbocycles. The fourth-order valence-corrected chi connectivity index (χ4v) is 2.54. The number of rotatable bonds is 13. The quantitative estimate of drug-likeness (QED) is 0.142. The van der Waals surface area contributed by atoms with Gasteiger partial charge in [0.05, 0.1) is 0 Å². The van der Waals surface area contributed by atoms with Crippen molar-refractivity contribution in [3.8, 4) is 28.4 Å². The van der Waals surface area contributed by atoms with Gasteiger partial charge in [0.2, 0.25) is 0 Å². The zero-order valence-electron chi connectivity index (χ0n) is 18.9. The number of hydrogen-bond acceptors (Lipinski definition) is 8. The van der Waals surface area contributed by atoms with Crippen LogP contribution in [0.25, 0.3) is 11.1 Å². The molecule has 0 fully saturated rings. The van der Waals surface area contributed by atoms with Crippen LogP contribution < -0.4 is 14.2 Å². The van der Waals surface area contributed by atoms with Crippen molar-refractivity contribution in [2.24, 2.45) is 0 Å². The van der Waals surface area contributed by atoms with E-state index in [1.807, 2.05) is 0 Å². The van der Waals surface area contributed by atoms with Crippen molar-refractivity contribution in [2.75, 3.05) is 26.4 Å². The molecule has 180 valence electrons. The Morgan fingerprint density at radius 3 is 2.15 bits per heavy atom. The smallest absolute Gasteiger partial charge is 0.338 e. The van der Waals surface area contributed by atoms with Crippen LogP contribution in [0.4, 0.5) is 4.39 Å². The SMILES string of the molecule is C=C(C)C(=O)OCCOc1cc(-c2ccc(OC(=O)C(=C)C)cc2)cc(F)c1OCCOC=O. The summed E-state index contributed by atoms with van der Waals surface area (Å²) in [6, 6.07) is 9.21. The molecule has 0 atom stereocenters. The molecule has 0 aromatic heterocycles. The van der Waals surface area contributed by atoms with Crippen LogP contribution in [0.5, 0.6) is 17.2 Å². The van der Waals surface area contributed by atoms with Gasteiger partial charge in [-0.15, -0.1) is 0 Å². The molecule has 9 heteroatoms. The summed E-state index contributed by atoms with van der Waals surface area (Å²) in [5.74, 6) is -1.65. The second kappa shape index (κ2) is 12.8. The van der Waals surface area contributed by atoms with Crippen molar-refractivity contribution in [1.29, 1.82) is 0 Å². The molecule has 0 saturated heterocycles. The molecule has 0 spiro atoms. The molecule has 0 N–H and O–H groups in total. The number of esters is 2. The van der Waals surface area contributed by atoms with Gasteiger partial charge < -0.3 is 23.7 Å².